The molecule has 19 heavy (non-hydrogen) atoms. The number of benzene rings is 1. The number of aryl methyl sites for hydroxylation is 2. The van der Waals surface area contributed by atoms with Crippen molar-refractivity contribution in [2.75, 3.05) is 6.54 Å². The molecule has 3 nitrogen and oxygen atoms in total. The Morgan fingerprint density at radius 3 is 2.74 bits per heavy atom. The molecule has 0 unspecified atom stereocenters. The minimum absolute atomic E-state index is 0.294. The minimum Gasteiger partial charge on any atom is -0.342 e. The highest BCUT2D eigenvalue weighted by atomic mass is 14.9. The second kappa shape index (κ2) is 5.74. The van der Waals surface area contributed by atoms with E-state index in [0.29, 0.717) is 5.41 Å². The van der Waals surface area contributed by atoms with E-state index in [1.807, 2.05) is 0 Å². The van der Waals surface area contributed by atoms with Crippen molar-refractivity contribution >= 4 is 11.0 Å². The van der Waals surface area contributed by atoms with Gasteiger partial charge in [-0.3, -0.25) is 0 Å². The largest absolute Gasteiger partial charge is 0.342 e. The van der Waals surface area contributed by atoms with E-state index in [0.717, 1.165) is 49.1 Å². The summed E-state index contributed by atoms with van der Waals surface area (Å²) in [5.74, 6) is 1.09. The number of fused-ring (bicyclic) bond motifs is 1. The fourth-order valence-corrected chi connectivity index (χ4v) is 2.42. The van der Waals surface area contributed by atoms with Gasteiger partial charge in [0.25, 0.3) is 0 Å². The maximum atomic E-state index is 5.65. The van der Waals surface area contributed by atoms with Crippen molar-refractivity contribution in [3.05, 3.63) is 29.6 Å². The molecule has 0 radical (unpaired) electrons. The standard InChI is InChI=1S/C16H25N3/c1-4-12-5-6-13-14(11-12)19-15(18-13)7-8-16(2,3)9-10-17/h5-6,11H,4,7-10,17H2,1-3H3,(H,18,19). The van der Waals surface area contributed by atoms with Crippen LogP contribution in [-0.2, 0) is 12.8 Å². The molecule has 104 valence electrons. The van der Waals surface area contributed by atoms with E-state index in [9.17, 15) is 0 Å². The zero-order valence-corrected chi connectivity index (χ0v) is 12.3. The molecule has 0 aliphatic rings. The van der Waals surface area contributed by atoms with Gasteiger partial charge in [0, 0.05) is 6.42 Å². The first-order valence-corrected chi connectivity index (χ1v) is 7.21. The van der Waals surface area contributed by atoms with Crippen LogP contribution in [0.2, 0.25) is 0 Å². The Balaban J connectivity index is 2.09. The second-order valence-corrected chi connectivity index (χ2v) is 6.09. The van der Waals surface area contributed by atoms with Crippen molar-refractivity contribution < 1.29 is 0 Å². The highest BCUT2D eigenvalue weighted by molar-refractivity contribution is 5.75. The van der Waals surface area contributed by atoms with Gasteiger partial charge in [0.05, 0.1) is 11.0 Å². The zero-order chi connectivity index (χ0) is 13.9. The molecule has 1 aromatic carbocycles. The summed E-state index contributed by atoms with van der Waals surface area (Å²) in [6, 6.07) is 6.47. The Morgan fingerprint density at radius 1 is 1.26 bits per heavy atom. The SMILES string of the molecule is CCc1ccc2nc(CCC(C)(C)CCN)[nH]c2c1. The van der Waals surface area contributed by atoms with Crippen LogP contribution in [0.5, 0.6) is 0 Å². The Labute approximate surface area is 115 Å². The van der Waals surface area contributed by atoms with Gasteiger partial charge in [0.1, 0.15) is 5.82 Å². The summed E-state index contributed by atoms with van der Waals surface area (Å²) in [5, 5.41) is 0. The van der Waals surface area contributed by atoms with Gasteiger partial charge in [0.15, 0.2) is 0 Å². The molecule has 0 atom stereocenters. The maximum Gasteiger partial charge on any atom is 0.107 e. The molecule has 2 aromatic rings. The molecular formula is C16H25N3. The first-order chi connectivity index (χ1) is 9.04. The number of hydrogen-bond donors (Lipinski definition) is 2. The predicted molar refractivity (Wildman–Crippen MR) is 81.2 cm³/mol. The average molecular weight is 259 g/mol. The van der Waals surface area contributed by atoms with Crippen molar-refractivity contribution in [2.45, 2.75) is 46.5 Å². The van der Waals surface area contributed by atoms with Crippen LogP contribution in [0.3, 0.4) is 0 Å². The summed E-state index contributed by atoms with van der Waals surface area (Å²) in [5.41, 5.74) is 9.53. The van der Waals surface area contributed by atoms with Crippen molar-refractivity contribution in [1.29, 1.82) is 0 Å². The summed E-state index contributed by atoms with van der Waals surface area (Å²) in [6.07, 6.45) is 4.23. The van der Waals surface area contributed by atoms with E-state index in [-0.39, 0.29) is 0 Å². The Hall–Kier alpha value is -1.35. The molecule has 0 aliphatic carbocycles. The third kappa shape index (κ3) is 3.57. The van der Waals surface area contributed by atoms with Gasteiger partial charge in [-0.25, -0.2) is 4.98 Å². The van der Waals surface area contributed by atoms with Crippen LogP contribution in [0.1, 0.15) is 45.0 Å². The van der Waals surface area contributed by atoms with Gasteiger partial charge in [-0.15, -0.1) is 0 Å². The lowest BCUT2D eigenvalue weighted by atomic mass is 9.84. The van der Waals surface area contributed by atoms with E-state index < -0.39 is 0 Å². The van der Waals surface area contributed by atoms with Crippen LogP contribution in [0.4, 0.5) is 0 Å². The van der Waals surface area contributed by atoms with E-state index in [1.54, 1.807) is 0 Å². The fourth-order valence-electron chi connectivity index (χ4n) is 2.42. The lowest BCUT2D eigenvalue weighted by Crippen LogP contribution is -2.18. The second-order valence-electron chi connectivity index (χ2n) is 6.09. The number of nitrogens with zero attached hydrogens (tertiary/aromatic N) is 1. The number of hydrogen-bond acceptors (Lipinski definition) is 2. The molecule has 1 heterocycles. The number of nitrogens with two attached hydrogens (primary N) is 1. The summed E-state index contributed by atoms with van der Waals surface area (Å²) in [6.45, 7) is 7.48. The molecule has 0 aliphatic heterocycles. The van der Waals surface area contributed by atoms with E-state index in [1.165, 1.54) is 5.56 Å². The van der Waals surface area contributed by atoms with Crippen LogP contribution >= 0.6 is 0 Å². The first kappa shape index (κ1) is 14.1. The molecular weight excluding hydrogens is 234 g/mol. The van der Waals surface area contributed by atoms with Gasteiger partial charge in [-0.1, -0.05) is 26.8 Å². The molecule has 1 aromatic heterocycles. The van der Waals surface area contributed by atoms with Crippen molar-refractivity contribution in [1.82, 2.24) is 9.97 Å². The van der Waals surface area contributed by atoms with Gasteiger partial charge in [0.2, 0.25) is 0 Å². The van der Waals surface area contributed by atoms with Gasteiger partial charge >= 0.3 is 0 Å². The van der Waals surface area contributed by atoms with Crippen LogP contribution in [0, 0.1) is 5.41 Å². The van der Waals surface area contributed by atoms with Crippen molar-refractivity contribution in [2.24, 2.45) is 11.1 Å². The predicted octanol–water partition coefficient (Wildman–Crippen LogP) is 3.43. The Morgan fingerprint density at radius 2 is 2.05 bits per heavy atom. The summed E-state index contributed by atoms with van der Waals surface area (Å²) >= 11 is 0. The maximum absolute atomic E-state index is 5.65. The number of aromatic nitrogens is 2. The molecule has 3 N–H and O–H groups in total. The van der Waals surface area contributed by atoms with Crippen LogP contribution in [0.15, 0.2) is 18.2 Å². The number of imidazole rings is 1. The summed E-state index contributed by atoms with van der Waals surface area (Å²) in [4.78, 5) is 8.11. The summed E-state index contributed by atoms with van der Waals surface area (Å²) < 4.78 is 0. The molecule has 0 amide bonds. The quantitative estimate of drug-likeness (QED) is 0.835. The molecule has 2 rings (SSSR count). The van der Waals surface area contributed by atoms with Crippen LogP contribution in [-0.4, -0.2) is 16.5 Å². The number of rotatable bonds is 6. The van der Waals surface area contributed by atoms with Crippen LogP contribution < -0.4 is 5.73 Å². The number of aromatic amines is 1. The third-order valence-electron chi connectivity index (χ3n) is 3.86. The molecule has 0 fully saturated rings. The zero-order valence-electron chi connectivity index (χ0n) is 12.3. The lowest BCUT2D eigenvalue weighted by molar-refractivity contribution is 0.311. The molecule has 0 saturated heterocycles. The van der Waals surface area contributed by atoms with Gasteiger partial charge < -0.3 is 10.7 Å². The van der Waals surface area contributed by atoms with Crippen molar-refractivity contribution in [3.8, 4) is 0 Å². The molecule has 0 bridgehead atoms. The lowest BCUT2D eigenvalue weighted by Gasteiger charge is -2.22. The molecule has 3 heteroatoms. The smallest absolute Gasteiger partial charge is 0.107 e. The highest BCUT2D eigenvalue weighted by Gasteiger charge is 2.17. The Kier molecular flexibility index (Phi) is 4.25. The minimum atomic E-state index is 0.294. The first-order valence-electron chi connectivity index (χ1n) is 7.21. The Bertz CT molecular complexity index is 540. The summed E-state index contributed by atoms with van der Waals surface area (Å²) in [7, 11) is 0. The monoisotopic (exact) mass is 259 g/mol. The van der Waals surface area contributed by atoms with E-state index in [2.05, 4.69) is 48.9 Å². The molecule has 0 saturated carbocycles. The number of H-pyrrole nitrogens is 1. The topological polar surface area (TPSA) is 54.7 Å². The van der Waals surface area contributed by atoms with Crippen LogP contribution in [0.25, 0.3) is 11.0 Å². The normalized spacial score (nSPS) is 12.2. The highest BCUT2D eigenvalue weighted by Crippen LogP contribution is 2.26. The average Bonchev–Trinajstić information content (AvgIpc) is 2.78. The third-order valence-corrected chi connectivity index (χ3v) is 3.86. The van der Waals surface area contributed by atoms with E-state index >= 15 is 0 Å². The fraction of sp³-hybridized carbons (Fsp3) is 0.562. The molecule has 0 spiro atoms. The van der Waals surface area contributed by atoms with Gasteiger partial charge in [-0.2, -0.15) is 0 Å². The van der Waals surface area contributed by atoms with Crippen molar-refractivity contribution in [3.63, 3.8) is 0 Å². The van der Waals surface area contributed by atoms with E-state index in [4.69, 9.17) is 5.73 Å². The van der Waals surface area contributed by atoms with Gasteiger partial charge in [-0.05, 0) is 48.9 Å². The number of nitrogens with one attached hydrogen (secondary N) is 1.